The van der Waals surface area contributed by atoms with Crippen LogP contribution < -0.4 is 25.5 Å². The molecule has 0 unspecified atom stereocenters. The van der Waals surface area contributed by atoms with E-state index in [0.717, 1.165) is 12.0 Å². The zero-order valence-corrected chi connectivity index (χ0v) is 21.2. The summed E-state index contributed by atoms with van der Waals surface area (Å²) in [5, 5.41) is 9.48. The number of carbonyl (C=O) groups excluding carboxylic acids is 3. The molecule has 0 aliphatic carbocycles. The quantitative estimate of drug-likeness (QED) is 0.213. The molecule has 0 fully saturated rings. The summed E-state index contributed by atoms with van der Waals surface area (Å²) >= 11 is 6.07. The van der Waals surface area contributed by atoms with E-state index in [9.17, 15) is 14.4 Å². The van der Waals surface area contributed by atoms with Crippen molar-refractivity contribution < 1.29 is 23.9 Å². The minimum absolute atomic E-state index is 0.164. The highest BCUT2D eigenvalue weighted by molar-refractivity contribution is 6.35. The molecule has 3 N–H and O–H groups in total. The number of anilines is 1. The maximum Gasteiger partial charge on any atom is 0.329 e. The highest BCUT2D eigenvalue weighted by Gasteiger charge is 2.13. The maximum atomic E-state index is 12.3. The summed E-state index contributed by atoms with van der Waals surface area (Å²) in [6.45, 7) is 1.97. The molecule has 3 rings (SSSR count). The fraction of sp³-hybridized carbons (Fsp3) is 0.185. The minimum atomic E-state index is -0.942. The molecule has 0 saturated heterocycles. The van der Waals surface area contributed by atoms with E-state index in [1.807, 2.05) is 24.3 Å². The number of benzene rings is 3. The lowest BCUT2D eigenvalue weighted by atomic mass is 10.1. The first kappa shape index (κ1) is 27.2. The van der Waals surface area contributed by atoms with E-state index in [4.69, 9.17) is 21.1 Å². The first-order valence-corrected chi connectivity index (χ1v) is 11.8. The number of hydrazone groups is 1. The fourth-order valence-electron chi connectivity index (χ4n) is 3.13. The van der Waals surface area contributed by atoms with Gasteiger partial charge in [-0.2, -0.15) is 5.10 Å². The Balaban J connectivity index is 1.51. The number of aryl methyl sites for hydroxylation is 1. The predicted molar refractivity (Wildman–Crippen MR) is 142 cm³/mol. The van der Waals surface area contributed by atoms with E-state index in [1.165, 1.54) is 11.8 Å². The minimum Gasteiger partial charge on any atom is -0.497 e. The van der Waals surface area contributed by atoms with Gasteiger partial charge in [-0.05, 0) is 60.0 Å². The van der Waals surface area contributed by atoms with Crippen molar-refractivity contribution in [3.05, 3.63) is 88.4 Å². The average Bonchev–Trinajstić information content (AvgIpc) is 2.91. The lowest BCUT2D eigenvalue weighted by Crippen LogP contribution is -2.37. The molecule has 0 atom stereocenters. The zero-order chi connectivity index (χ0) is 26.6. The standard InChI is InChI=1S/C27H27ClN4O5/c1-3-18-4-9-22(10-5-18)31-25(33)17-37-24-13-8-21(28)14-20(24)16-30-32-27(35)26(34)29-15-19-6-11-23(36-2)12-7-19/h4-14,16H,3,15,17H2,1-2H3,(H,29,34)(H,31,33)(H,32,35)/b30-16-. The Labute approximate surface area is 219 Å². The van der Waals surface area contributed by atoms with Crippen molar-refractivity contribution in [2.24, 2.45) is 5.10 Å². The van der Waals surface area contributed by atoms with Crippen LogP contribution in [0.4, 0.5) is 5.69 Å². The number of amides is 3. The summed E-state index contributed by atoms with van der Waals surface area (Å²) in [7, 11) is 1.56. The van der Waals surface area contributed by atoms with Crippen LogP contribution in [0.3, 0.4) is 0 Å². The summed E-state index contributed by atoms with van der Waals surface area (Å²) in [5.41, 5.74) is 5.20. The normalized spacial score (nSPS) is 10.6. The second-order valence-corrected chi connectivity index (χ2v) is 8.24. The van der Waals surface area contributed by atoms with Crippen LogP contribution in [0, 0.1) is 0 Å². The molecule has 9 nitrogen and oxygen atoms in total. The Morgan fingerprint density at radius 1 is 0.946 bits per heavy atom. The largest absolute Gasteiger partial charge is 0.497 e. The average molecular weight is 523 g/mol. The van der Waals surface area contributed by atoms with Gasteiger partial charge in [-0.25, -0.2) is 5.43 Å². The number of carbonyl (C=O) groups is 3. The van der Waals surface area contributed by atoms with E-state index in [-0.39, 0.29) is 19.1 Å². The van der Waals surface area contributed by atoms with Gasteiger partial charge in [0.05, 0.1) is 13.3 Å². The van der Waals surface area contributed by atoms with Crippen LogP contribution >= 0.6 is 11.6 Å². The van der Waals surface area contributed by atoms with E-state index >= 15 is 0 Å². The molecule has 0 heterocycles. The number of halogens is 1. The monoisotopic (exact) mass is 522 g/mol. The third-order valence-electron chi connectivity index (χ3n) is 5.16. The summed E-state index contributed by atoms with van der Waals surface area (Å²) in [6.07, 6.45) is 2.18. The number of hydrogen-bond acceptors (Lipinski definition) is 6. The predicted octanol–water partition coefficient (Wildman–Crippen LogP) is 3.70. The molecule has 0 bridgehead atoms. The fourth-order valence-corrected chi connectivity index (χ4v) is 3.31. The van der Waals surface area contributed by atoms with Gasteiger partial charge in [-0.1, -0.05) is 42.8 Å². The lowest BCUT2D eigenvalue weighted by Gasteiger charge is -2.10. The van der Waals surface area contributed by atoms with Gasteiger partial charge in [0, 0.05) is 22.8 Å². The highest BCUT2D eigenvalue weighted by atomic mass is 35.5. The zero-order valence-electron chi connectivity index (χ0n) is 20.4. The molecule has 0 aromatic heterocycles. The third-order valence-corrected chi connectivity index (χ3v) is 5.40. The van der Waals surface area contributed by atoms with Gasteiger partial charge in [-0.15, -0.1) is 0 Å². The van der Waals surface area contributed by atoms with Crippen molar-refractivity contribution in [1.82, 2.24) is 10.7 Å². The number of ether oxygens (including phenoxy) is 2. The Bertz CT molecular complexity index is 1260. The second kappa shape index (κ2) is 13.6. The molecular formula is C27H27ClN4O5. The van der Waals surface area contributed by atoms with E-state index in [2.05, 4.69) is 28.1 Å². The molecule has 0 radical (unpaired) electrons. The van der Waals surface area contributed by atoms with Gasteiger partial charge in [0.1, 0.15) is 11.5 Å². The topological polar surface area (TPSA) is 118 Å². The van der Waals surface area contributed by atoms with Gasteiger partial charge >= 0.3 is 11.8 Å². The summed E-state index contributed by atoms with van der Waals surface area (Å²) in [5.74, 6) is -1.12. The number of hydrogen-bond donors (Lipinski definition) is 3. The molecule has 3 aromatic rings. The Morgan fingerprint density at radius 2 is 1.65 bits per heavy atom. The van der Waals surface area contributed by atoms with Crippen molar-refractivity contribution in [3.63, 3.8) is 0 Å². The van der Waals surface area contributed by atoms with E-state index < -0.39 is 11.8 Å². The molecule has 0 spiro atoms. The molecule has 10 heteroatoms. The van der Waals surface area contributed by atoms with Crippen molar-refractivity contribution in [2.45, 2.75) is 19.9 Å². The Morgan fingerprint density at radius 3 is 2.32 bits per heavy atom. The lowest BCUT2D eigenvalue weighted by molar-refractivity contribution is -0.139. The van der Waals surface area contributed by atoms with Crippen LogP contribution in [0.1, 0.15) is 23.6 Å². The molecule has 3 aromatic carbocycles. The molecule has 192 valence electrons. The van der Waals surface area contributed by atoms with Crippen LogP contribution in [-0.4, -0.2) is 37.7 Å². The molecule has 3 amide bonds. The van der Waals surface area contributed by atoms with Gasteiger partial charge < -0.3 is 20.1 Å². The van der Waals surface area contributed by atoms with Gasteiger partial charge in [0.2, 0.25) is 0 Å². The third kappa shape index (κ3) is 8.66. The smallest absolute Gasteiger partial charge is 0.329 e. The van der Waals surface area contributed by atoms with Crippen molar-refractivity contribution in [2.75, 3.05) is 19.0 Å². The van der Waals surface area contributed by atoms with Crippen LogP contribution in [0.2, 0.25) is 5.02 Å². The number of rotatable bonds is 10. The molecule has 0 aliphatic rings. The Hall–Kier alpha value is -4.37. The number of methoxy groups -OCH3 is 1. The van der Waals surface area contributed by atoms with Crippen molar-refractivity contribution >= 4 is 41.2 Å². The number of nitrogens with one attached hydrogen (secondary N) is 3. The molecule has 37 heavy (non-hydrogen) atoms. The molecular weight excluding hydrogens is 496 g/mol. The van der Waals surface area contributed by atoms with Crippen LogP contribution in [0.5, 0.6) is 11.5 Å². The van der Waals surface area contributed by atoms with Crippen molar-refractivity contribution in [1.29, 1.82) is 0 Å². The first-order valence-electron chi connectivity index (χ1n) is 11.4. The molecule has 0 saturated carbocycles. The SMILES string of the molecule is CCc1ccc(NC(=O)COc2ccc(Cl)cc2/C=N\NC(=O)C(=O)NCc2ccc(OC)cc2)cc1. The maximum absolute atomic E-state index is 12.3. The van der Waals surface area contributed by atoms with E-state index in [1.54, 1.807) is 49.6 Å². The van der Waals surface area contributed by atoms with Gasteiger partial charge in [-0.3, -0.25) is 14.4 Å². The van der Waals surface area contributed by atoms with Crippen molar-refractivity contribution in [3.8, 4) is 11.5 Å². The van der Waals surface area contributed by atoms with Gasteiger partial charge in [0.25, 0.3) is 5.91 Å². The number of nitrogens with zero attached hydrogens (tertiary/aromatic N) is 1. The summed E-state index contributed by atoms with van der Waals surface area (Å²) < 4.78 is 10.7. The van der Waals surface area contributed by atoms with Gasteiger partial charge in [0.15, 0.2) is 6.61 Å². The van der Waals surface area contributed by atoms with Crippen LogP contribution in [-0.2, 0) is 27.3 Å². The summed E-state index contributed by atoms with van der Waals surface area (Å²) in [4.78, 5) is 36.4. The highest BCUT2D eigenvalue weighted by Crippen LogP contribution is 2.21. The van der Waals surface area contributed by atoms with Crippen LogP contribution in [0.15, 0.2) is 71.8 Å². The summed E-state index contributed by atoms with van der Waals surface area (Å²) in [6, 6.07) is 19.3. The van der Waals surface area contributed by atoms with E-state index in [0.29, 0.717) is 27.8 Å². The second-order valence-electron chi connectivity index (χ2n) is 7.80. The molecule has 0 aliphatic heterocycles. The Kier molecular flexibility index (Phi) is 10.0. The van der Waals surface area contributed by atoms with Crippen LogP contribution in [0.25, 0.3) is 0 Å². The first-order chi connectivity index (χ1) is 17.9.